The summed E-state index contributed by atoms with van der Waals surface area (Å²) >= 11 is 0. The van der Waals surface area contributed by atoms with Crippen LogP contribution in [0, 0.1) is 25.6 Å². The zero-order valence-electron chi connectivity index (χ0n) is 12.6. The van der Waals surface area contributed by atoms with Gasteiger partial charge in [0.25, 0.3) is 0 Å². The summed E-state index contributed by atoms with van der Waals surface area (Å²) in [7, 11) is 0. The number of benzene rings is 1. The van der Waals surface area contributed by atoms with Crippen LogP contribution in [0.3, 0.4) is 0 Å². The molecule has 1 nitrogen and oxygen atoms in total. The van der Waals surface area contributed by atoms with Gasteiger partial charge in [0.15, 0.2) is 0 Å². The Balaban J connectivity index is 2.39. The van der Waals surface area contributed by atoms with E-state index in [0.717, 1.165) is 12.8 Å². The number of hydrogen-bond acceptors (Lipinski definition) is 1. The highest BCUT2D eigenvalue weighted by Crippen LogP contribution is 2.37. The van der Waals surface area contributed by atoms with Gasteiger partial charge in [-0.1, -0.05) is 6.92 Å². The van der Waals surface area contributed by atoms with Crippen LogP contribution in [-0.2, 0) is 0 Å². The number of hydrogen-bond donors (Lipinski definition) is 0. The Labute approximate surface area is 122 Å². The van der Waals surface area contributed by atoms with Crippen LogP contribution in [0.2, 0.25) is 0 Å². The Bertz CT molecular complexity index is 482. The van der Waals surface area contributed by atoms with Crippen molar-refractivity contribution in [1.82, 2.24) is 0 Å². The van der Waals surface area contributed by atoms with E-state index in [0.29, 0.717) is 29.3 Å². The van der Waals surface area contributed by atoms with Gasteiger partial charge in [0, 0.05) is 12.2 Å². The van der Waals surface area contributed by atoms with E-state index in [-0.39, 0.29) is 6.42 Å². The first-order valence-electron chi connectivity index (χ1n) is 7.34. The molecule has 1 atom stereocenters. The smallest absolute Gasteiger partial charge is 0.359 e. The first kappa shape index (κ1) is 16.1. The minimum absolute atomic E-state index is 0.0369. The van der Waals surface area contributed by atoms with Crippen molar-refractivity contribution in [3.63, 3.8) is 0 Å². The average Bonchev–Trinajstić information content (AvgIpc) is 3.17. The van der Waals surface area contributed by atoms with Crippen LogP contribution in [0.4, 0.5) is 23.2 Å². The second kappa shape index (κ2) is 5.85. The van der Waals surface area contributed by atoms with Crippen molar-refractivity contribution >= 4 is 5.69 Å². The van der Waals surface area contributed by atoms with Crippen LogP contribution in [0.1, 0.15) is 37.3 Å². The average molecular weight is 303 g/mol. The Morgan fingerprint density at radius 3 is 2.29 bits per heavy atom. The van der Waals surface area contributed by atoms with Gasteiger partial charge in [-0.05, 0) is 62.3 Å². The molecular formula is C16H21F4N. The van der Waals surface area contributed by atoms with Crippen LogP contribution in [0.25, 0.3) is 0 Å². The predicted molar refractivity (Wildman–Crippen MR) is 76.1 cm³/mol. The summed E-state index contributed by atoms with van der Waals surface area (Å²) in [6.45, 7) is 5.24. The molecule has 5 heteroatoms. The molecule has 1 aromatic rings. The molecule has 0 radical (unpaired) electrons. The highest BCUT2D eigenvalue weighted by molar-refractivity contribution is 5.52. The summed E-state index contributed by atoms with van der Waals surface area (Å²) in [6.07, 6.45) is -2.43. The predicted octanol–water partition coefficient (Wildman–Crippen LogP) is 5.00. The van der Waals surface area contributed by atoms with Gasteiger partial charge in [0.05, 0.1) is 0 Å². The fourth-order valence-corrected chi connectivity index (χ4v) is 2.58. The van der Waals surface area contributed by atoms with Crippen LogP contribution in [-0.4, -0.2) is 18.8 Å². The molecule has 0 saturated heterocycles. The fourth-order valence-electron chi connectivity index (χ4n) is 2.58. The van der Waals surface area contributed by atoms with Crippen LogP contribution >= 0.6 is 0 Å². The van der Waals surface area contributed by atoms with E-state index in [1.807, 2.05) is 0 Å². The van der Waals surface area contributed by atoms with Crippen molar-refractivity contribution in [2.24, 2.45) is 5.92 Å². The summed E-state index contributed by atoms with van der Waals surface area (Å²) in [5, 5.41) is 0. The van der Waals surface area contributed by atoms with E-state index in [2.05, 4.69) is 0 Å². The van der Waals surface area contributed by atoms with Crippen molar-refractivity contribution < 1.29 is 17.6 Å². The Morgan fingerprint density at radius 2 is 1.86 bits per heavy atom. The first-order valence-corrected chi connectivity index (χ1v) is 7.34. The van der Waals surface area contributed by atoms with E-state index in [1.54, 1.807) is 19.9 Å². The molecule has 21 heavy (non-hydrogen) atoms. The van der Waals surface area contributed by atoms with E-state index < -0.39 is 18.0 Å². The molecule has 1 aromatic carbocycles. The summed E-state index contributed by atoms with van der Waals surface area (Å²) in [4.78, 5) is 1.34. The van der Waals surface area contributed by atoms with E-state index >= 15 is 0 Å². The zero-order chi connectivity index (χ0) is 15.8. The summed E-state index contributed by atoms with van der Waals surface area (Å²) in [5.41, 5.74) is 1.51. The van der Waals surface area contributed by atoms with Crippen molar-refractivity contribution in [2.75, 3.05) is 11.4 Å². The van der Waals surface area contributed by atoms with Gasteiger partial charge in [-0.15, -0.1) is 0 Å². The van der Waals surface area contributed by atoms with Gasteiger partial charge in [-0.3, -0.25) is 0 Å². The minimum Gasteiger partial charge on any atom is -0.359 e. The van der Waals surface area contributed by atoms with Crippen LogP contribution in [0.5, 0.6) is 0 Å². The summed E-state index contributed by atoms with van der Waals surface area (Å²) in [5.74, 6) is -0.145. The Morgan fingerprint density at radius 1 is 1.24 bits per heavy atom. The molecule has 1 saturated carbocycles. The van der Waals surface area contributed by atoms with Gasteiger partial charge < -0.3 is 4.90 Å². The number of aryl methyl sites for hydroxylation is 1. The monoisotopic (exact) mass is 303 g/mol. The third-order valence-corrected chi connectivity index (χ3v) is 4.21. The van der Waals surface area contributed by atoms with E-state index in [9.17, 15) is 17.6 Å². The largest absolute Gasteiger partial charge is 0.408 e. The highest BCUT2D eigenvalue weighted by Gasteiger charge is 2.44. The highest BCUT2D eigenvalue weighted by atomic mass is 19.4. The second-order valence-electron chi connectivity index (χ2n) is 5.93. The lowest BCUT2D eigenvalue weighted by Crippen LogP contribution is -2.46. The van der Waals surface area contributed by atoms with Gasteiger partial charge in [0.2, 0.25) is 0 Å². The molecule has 118 valence electrons. The Kier molecular flexibility index (Phi) is 4.49. The van der Waals surface area contributed by atoms with Crippen molar-refractivity contribution in [2.45, 2.75) is 52.3 Å². The molecule has 1 aliphatic carbocycles. The number of alkyl halides is 3. The first-order chi connectivity index (χ1) is 9.74. The molecule has 2 rings (SSSR count). The maximum Gasteiger partial charge on any atom is 0.408 e. The quantitative estimate of drug-likeness (QED) is 0.692. The van der Waals surface area contributed by atoms with Gasteiger partial charge in [-0.2, -0.15) is 13.2 Å². The van der Waals surface area contributed by atoms with Crippen molar-refractivity contribution in [3.05, 3.63) is 29.1 Å². The lowest BCUT2D eigenvalue weighted by molar-refractivity contribution is -0.149. The van der Waals surface area contributed by atoms with E-state index in [4.69, 9.17) is 0 Å². The van der Waals surface area contributed by atoms with Gasteiger partial charge >= 0.3 is 6.18 Å². The molecule has 0 aliphatic heterocycles. The SMILES string of the molecule is CCC(N(CC1CC1)c1cc(C)c(C)c(F)c1)C(F)(F)F. The normalized spacial score (nSPS) is 16.9. The number of halogens is 4. The molecule has 0 aromatic heterocycles. The standard InChI is InChI=1S/C16H21F4N/c1-4-15(16(18,19)20)21(9-12-5-6-12)13-7-10(2)11(3)14(17)8-13/h7-8,12,15H,4-6,9H2,1-3H3. The maximum absolute atomic E-state index is 13.9. The second-order valence-corrected chi connectivity index (χ2v) is 5.93. The number of anilines is 1. The lowest BCUT2D eigenvalue weighted by atomic mass is 10.1. The third-order valence-electron chi connectivity index (χ3n) is 4.21. The summed E-state index contributed by atoms with van der Waals surface area (Å²) in [6, 6.07) is 1.34. The van der Waals surface area contributed by atoms with Crippen LogP contribution < -0.4 is 4.90 Å². The number of nitrogens with zero attached hydrogens (tertiary/aromatic N) is 1. The molecule has 1 aliphatic rings. The fraction of sp³-hybridized carbons (Fsp3) is 0.625. The minimum atomic E-state index is -4.31. The number of rotatable bonds is 5. The lowest BCUT2D eigenvalue weighted by Gasteiger charge is -2.35. The molecule has 0 amide bonds. The Hall–Kier alpha value is -1.26. The molecule has 0 spiro atoms. The molecule has 1 unspecified atom stereocenters. The van der Waals surface area contributed by atoms with Gasteiger partial charge in [-0.25, -0.2) is 4.39 Å². The van der Waals surface area contributed by atoms with E-state index in [1.165, 1.54) is 17.9 Å². The molecule has 0 bridgehead atoms. The maximum atomic E-state index is 13.9. The van der Waals surface area contributed by atoms with Crippen molar-refractivity contribution in [3.8, 4) is 0 Å². The molecule has 0 N–H and O–H groups in total. The zero-order valence-corrected chi connectivity index (χ0v) is 12.6. The summed E-state index contributed by atoms with van der Waals surface area (Å²) < 4.78 is 53.7. The molecule has 1 fully saturated rings. The molecular weight excluding hydrogens is 282 g/mol. The van der Waals surface area contributed by atoms with Crippen molar-refractivity contribution in [1.29, 1.82) is 0 Å². The van der Waals surface area contributed by atoms with Crippen LogP contribution in [0.15, 0.2) is 12.1 Å². The topological polar surface area (TPSA) is 3.24 Å². The van der Waals surface area contributed by atoms with Gasteiger partial charge in [0.1, 0.15) is 11.9 Å². The molecule has 0 heterocycles. The third kappa shape index (κ3) is 3.69.